The average Bonchev–Trinajstić information content (AvgIpc) is 2.98. The second-order valence-electron chi connectivity index (χ2n) is 4.59. The topological polar surface area (TPSA) is 18.5 Å². The molecule has 0 aliphatic heterocycles. The van der Waals surface area contributed by atoms with Crippen molar-refractivity contribution in [2.24, 2.45) is 5.92 Å². The van der Waals surface area contributed by atoms with Gasteiger partial charge in [0.1, 0.15) is 0 Å². The minimum absolute atomic E-state index is 0.757. The van der Waals surface area contributed by atoms with Crippen LogP contribution in [-0.4, -0.2) is 22.8 Å². The van der Waals surface area contributed by atoms with Gasteiger partial charge in [-0.3, -0.25) is 0 Å². The Morgan fingerprint density at radius 3 is 2.21 bits per heavy atom. The molecule has 1 rings (SSSR count). The van der Waals surface area contributed by atoms with Crippen molar-refractivity contribution in [1.82, 2.24) is 0 Å². The summed E-state index contributed by atoms with van der Waals surface area (Å²) in [5, 5.41) is 0. The van der Waals surface area contributed by atoms with E-state index in [1.54, 1.807) is 0 Å². The molecule has 14 heavy (non-hydrogen) atoms. The third-order valence-corrected chi connectivity index (χ3v) is 7.77. The quantitative estimate of drug-likeness (QED) is 0.608. The van der Waals surface area contributed by atoms with Crippen LogP contribution in [-0.2, 0) is 8.85 Å². The van der Waals surface area contributed by atoms with Crippen LogP contribution in [0.15, 0.2) is 0 Å². The molecule has 0 N–H and O–H groups in total. The van der Waals surface area contributed by atoms with Gasteiger partial charge in [-0.2, -0.15) is 0 Å². The first-order valence-corrected chi connectivity index (χ1v) is 7.89. The van der Waals surface area contributed by atoms with Crippen LogP contribution in [0.2, 0.25) is 11.6 Å². The molecule has 0 spiro atoms. The van der Waals surface area contributed by atoms with Gasteiger partial charge in [-0.25, -0.2) is 0 Å². The third kappa shape index (κ3) is 2.81. The Balaban J connectivity index is 2.49. The van der Waals surface area contributed by atoms with Crippen LogP contribution in [0.4, 0.5) is 0 Å². The monoisotopic (exact) mass is 216 g/mol. The van der Waals surface area contributed by atoms with Gasteiger partial charge in [-0.15, -0.1) is 0 Å². The van der Waals surface area contributed by atoms with E-state index in [0.717, 1.165) is 11.5 Å². The second kappa shape index (κ2) is 5.28. The van der Waals surface area contributed by atoms with Gasteiger partial charge >= 0.3 is 8.56 Å². The second-order valence-corrected chi connectivity index (χ2v) is 8.26. The van der Waals surface area contributed by atoms with Crippen molar-refractivity contribution in [1.29, 1.82) is 0 Å². The molecule has 0 heterocycles. The summed E-state index contributed by atoms with van der Waals surface area (Å²) in [6.45, 7) is 4.57. The molecule has 1 aliphatic carbocycles. The summed E-state index contributed by atoms with van der Waals surface area (Å²) >= 11 is 0. The van der Waals surface area contributed by atoms with E-state index in [2.05, 4.69) is 13.8 Å². The zero-order chi connectivity index (χ0) is 10.6. The molecule has 0 saturated heterocycles. The molecule has 3 heteroatoms. The maximum Gasteiger partial charge on any atom is 0.341 e. The lowest BCUT2D eigenvalue weighted by Gasteiger charge is -2.30. The van der Waals surface area contributed by atoms with Crippen LogP contribution in [0.25, 0.3) is 0 Å². The van der Waals surface area contributed by atoms with Crippen LogP contribution in [0.3, 0.4) is 0 Å². The lowest BCUT2D eigenvalue weighted by Crippen LogP contribution is -2.42. The van der Waals surface area contributed by atoms with Gasteiger partial charge in [0.25, 0.3) is 0 Å². The Kier molecular flexibility index (Phi) is 4.61. The fraction of sp³-hybridized carbons (Fsp3) is 1.00. The highest BCUT2D eigenvalue weighted by molar-refractivity contribution is 6.69. The molecule has 0 aromatic rings. The van der Waals surface area contributed by atoms with E-state index in [9.17, 15) is 0 Å². The van der Waals surface area contributed by atoms with Gasteiger partial charge in [0.15, 0.2) is 0 Å². The van der Waals surface area contributed by atoms with Crippen molar-refractivity contribution >= 4 is 8.56 Å². The lowest BCUT2D eigenvalue weighted by atomic mass is 10.1. The molecule has 0 amide bonds. The van der Waals surface area contributed by atoms with Crippen molar-refractivity contribution in [3.8, 4) is 0 Å². The van der Waals surface area contributed by atoms with Crippen molar-refractivity contribution in [3.05, 3.63) is 0 Å². The fourth-order valence-corrected chi connectivity index (χ4v) is 6.08. The molecule has 1 atom stereocenters. The average molecular weight is 216 g/mol. The van der Waals surface area contributed by atoms with Crippen molar-refractivity contribution in [3.63, 3.8) is 0 Å². The van der Waals surface area contributed by atoms with Gasteiger partial charge in [0.2, 0.25) is 0 Å². The fourth-order valence-electron chi connectivity index (χ4n) is 2.35. The van der Waals surface area contributed by atoms with Gasteiger partial charge in [-0.05, 0) is 24.8 Å². The highest BCUT2D eigenvalue weighted by atomic mass is 28.4. The van der Waals surface area contributed by atoms with Crippen molar-refractivity contribution < 1.29 is 8.85 Å². The maximum atomic E-state index is 5.74. The zero-order valence-corrected chi connectivity index (χ0v) is 11.0. The van der Waals surface area contributed by atoms with Gasteiger partial charge in [0.05, 0.1) is 0 Å². The van der Waals surface area contributed by atoms with Gasteiger partial charge in [-0.1, -0.05) is 26.7 Å². The minimum Gasteiger partial charge on any atom is -0.397 e. The molecule has 0 bridgehead atoms. The largest absolute Gasteiger partial charge is 0.397 e. The van der Waals surface area contributed by atoms with E-state index < -0.39 is 8.56 Å². The van der Waals surface area contributed by atoms with Crippen LogP contribution in [0.1, 0.15) is 39.5 Å². The number of hydrogen-bond donors (Lipinski definition) is 0. The van der Waals surface area contributed by atoms with Crippen LogP contribution < -0.4 is 0 Å². The standard InChI is InChI=1S/C11H24O2Si/c1-5-6-10(2)9-14(12-3,13-4)11-7-8-11/h10-11H,5-9H2,1-4H3. The summed E-state index contributed by atoms with van der Waals surface area (Å²) in [6.07, 6.45) is 5.22. The summed E-state index contributed by atoms with van der Waals surface area (Å²) in [7, 11) is 1.87. The smallest absolute Gasteiger partial charge is 0.341 e. The molecular weight excluding hydrogens is 192 g/mol. The molecule has 0 radical (unpaired) electrons. The molecule has 0 aromatic carbocycles. The zero-order valence-electron chi connectivity index (χ0n) is 10.0. The Morgan fingerprint density at radius 1 is 1.29 bits per heavy atom. The van der Waals surface area contributed by atoms with E-state index in [1.165, 1.54) is 31.7 Å². The van der Waals surface area contributed by atoms with Crippen LogP contribution >= 0.6 is 0 Å². The van der Waals surface area contributed by atoms with Crippen LogP contribution in [0, 0.1) is 5.92 Å². The highest BCUT2D eigenvalue weighted by Gasteiger charge is 2.50. The molecule has 1 fully saturated rings. The summed E-state index contributed by atoms with van der Waals surface area (Å²) in [5.74, 6) is 0.757. The van der Waals surface area contributed by atoms with E-state index in [0.29, 0.717) is 0 Å². The van der Waals surface area contributed by atoms with E-state index in [1.807, 2.05) is 14.2 Å². The summed E-state index contributed by atoms with van der Waals surface area (Å²) in [5.41, 5.74) is 0.775. The molecule has 2 nitrogen and oxygen atoms in total. The summed E-state index contributed by atoms with van der Waals surface area (Å²) < 4.78 is 11.5. The predicted octanol–water partition coefficient (Wildman–Crippen LogP) is 3.32. The molecule has 1 saturated carbocycles. The molecular formula is C11H24O2Si. The van der Waals surface area contributed by atoms with Gasteiger partial charge < -0.3 is 8.85 Å². The molecule has 0 aromatic heterocycles. The summed E-state index contributed by atoms with van der Waals surface area (Å²) in [6, 6.07) is 1.18. The Morgan fingerprint density at radius 2 is 1.86 bits per heavy atom. The van der Waals surface area contributed by atoms with E-state index in [-0.39, 0.29) is 0 Å². The minimum atomic E-state index is -1.81. The number of hydrogen-bond acceptors (Lipinski definition) is 2. The number of rotatable bonds is 7. The lowest BCUT2D eigenvalue weighted by molar-refractivity contribution is 0.231. The first-order chi connectivity index (χ1) is 6.68. The van der Waals surface area contributed by atoms with Gasteiger partial charge in [0, 0.05) is 19.8 Å². The maximum absolute atomic E-state index is 5.74. The normalized spacial score (nSPS) is 19.7. The summed E-state index contributed by atoms with van der Waals surface area (Å²) in [4.78, 5) is 0. The predicted molar refractivity (Wildman–Crippen MR) is 61.6 cm³/mol. The van der Waals surface area contributed by atoms with Crippen molar-refractivity contribution in [2.45, 2.75) is 51.1 Å². The Labute approximate surface area is 89.2 Å². The molecule has 1 aliphatic rings. The Bertz CT molecular complexity index is 165. The Hall–Kier alpha value is 0.137. The highest BCUT2D eigenvalue weighted by Crippen LogP contribution is 2.48. The van der Waals surface area contributed by atoms with E-state index >= 15 is 0 Å². The first-order valence-electron chi connectivity index (χ1n) is 5.78. The van der Waals surface area contributed by atoms with E-state index in [4.69, 9.17) is 8.85 Å². The van der Waals surface area contributed by atoms with Crippen LogP contribution in [0.5, 0.6) is 0 Å². The SMILES string of the molecule is CCCC(C)C[Si](OC)(OC)C1CC1. The van der Waals surface area contributed by atoms with Crippen molar-refractivity contribution in [2.75, 3.05) is 14.2 Å². The first kappa shape index (κ1) is 12.2. The molecule has 1 unspecified atom stereocenters. The third-order valence-electron chi connectivity index (χ3n) is 3.30. The molecule has 84 valence electrons.